The van der Waals surface area contributed by atoms with Crippen LogP contribution in [-0.4, -0.2) is 12.5 Å². The van der Waals surface area contributed by atoms with Crippen molar-refractivity contribution in [1.82, 2.24) is 0 Å². The molecule has 3 rings (SSSR count). The van der Waals surface area contributed by atoms with Crippen molar-refractivity contribution in [2.24, 2.45) is 0 Å². The van der Waals surface area contributed by atoms with Crippen molar-refractivity contribution in [3.8, 4) is 5.75 Å². The summed E-state index contributed by atoms with van der Waals surface area (Å²) in [4.78, 5) is 12.2. The average Bonchev–Trinajstić information content (AvgIpc) is 2.82. The van der Waals surface area contributed by atoms with Gasteiger partial charge >= 0.3 is 0 Å². The number of amides is 1. The number of ether oxygens (including phenoxy) is 1. The van der Waals surface area contributed by atoms with Gasteiger partial charge in [0.05, 0.1) is 12.5 Å². The molecule has 21 heavy (non-hydrogen) atoms. The minimum atomic E-state index is -0.132. The van der Waals surface area contributed by atoms with Crippen LogP contribution in [0.4, 0.5) is 5.69 Å². The molecule has 3 nitrogen and oxygen atoms in total. The first-order valence-corrected chi connectivity index (χ1v) is 7.40. The highest BCUT2D eigenvalue weighted by Crippen LogP contribution is 2.36. The number of nitrogens with one attached hydrogen (secondary N) is 1. The highest BCUT2D eigenvalue weighted by atomic mass is 16.5. The van der Waals surface area contributed by atoms with E-state index in [1.807, 2.05) is 48.5 Å². The van der Waals surface area contributed by atoms with Crippen LogP contribution in [0.3, 0.4) is 0 Å². The Morgan fingerprint density at radius 3 is 2.71 bits per heavy atom. The molecule has 0 aliphatic carbocycles. The molecule has 1 heterocycles. The summed E-state index contributed by atoms with van der Waals surface area (Å²) in [7, 11) is 0. The van der Waals surface area contributed by atoms with E-state index in [0.717, 1.165) is 29.0 Å². The standard InChI is InChI=1S/C18H19NO2/c1-2-11-21-17-10-6-3-7-13(17)12-15-14-8-4-5-9-16(14)19-18(15)20/h3-10,15H,2,11-12H2,1H3,(H,19,20). The van der Waals surface area contributed by atoms with Crippen LogP contribution in [0.15, 0.2) is 48.5 Å². The molecule has 108 valence electrons. The third kappa shape index (κ3) is 2.77. The van der Waals surface area contributed by atoms with Crippen molar-refractivity contribution in [3.63, 3.8) is 0 Å². The summed E-state index contributed by atoms with van der Waals surface area (Å²) < 4.78 is 5.79. The monoisotopic (exact) mass is 281 g/mol. The number of rotatable bonds is 5. The average molecular weight is 281 g/mol. The molecule has 2 aromatic rings. The van der Waals surface area contributed by atoms with Gasteiger partial charge in [0.1, 0.15) is 5.75 Å². The number of fused-ring (bicyclic) bond motifs is 1. The van der Waals surface area contributed by atoms with Gasteiger partial charge in [-0.3, -0.25) is 4.79 Å². The summed E-state index contributed by atoms with van der Waals surface area (Å²) in [5.41, 5.74) is 3.09. The number of anilines is 1. The topological polar surface area (TPSA) is 38.3 Å². The van der Waals surface area contributed by atoms with Crippen LogP contribution in [0.5, 0.6) is 5.75 Å². The SMILES string of the molecule is CCCOc1ccccc1CC1C(=O)Nc2ccccc21. The lowest BCUT2D eigenvalue weighted by atomic mass is 9.93. The fraction of sp³-hybridized carbons (Fsp3) is 0.278. The van der Waals surface area contributed by atoms with E-state index in [9.17, 15) is 4.79 Å². The van der Waals surface area contributed by atoms with Crippen molar-refractivity contribution in [2.45, 2.75) is 25.7 Å². The van der Waals surface area contributed by atoms with Crippen molar-refractivity contribution in [3.05, 3.63) is 59.7 Å². The first-order valence-electron chi connectivity index (χ1n) is 7.40. The van der Waals surface area contributed by atoms with Gasteiger partial charge in [-0.15, -0.1) is 0 Å². The van der Waals surface area contributed by atoms with Gasteiger partial charge in [0, 0.05) is 5.69 Å². The van der Waals surface area contributed by atoms with Crippen LogP contribution in [0.1, 0.15) is 30.4 Å². The third-order valence-electron chi connectivity index (χ3n) is 3.77. The van der Waals surface area contributed by atoms with Crippen molar-refractivity contribution in [2.75, 3.05) is 11.9 Å². The van der Waals surface area contributed by atoms with Gasteiger partial charge in [0.2, 0.25) is 5.91 Å². The largest absolute Gasteiger partial charge is 0.493 e. The van der Waals surface area contributed by atoms with Crippen molar-refractivity contribution >= 4 is 11.6 Å². The molecule has 0 bridgehead atoms. The van der Waals surface area contributed by atoms with E-state index >= 15 is 0 Å². The first-order chi connectivity index (χ1) is 10.3. The van der Waals surface area contributed by atoms with Crippen LogP contribution in [0.25, 0.3) is 0 Å². The molecule has 0 aromatic heterocycles. The fourth-order valence-corrected chi connectivity index (χ4v) is 2.72. The minimum absolute atomic E-state index is 0.0708. The summed E-state index contributed by atoms with van der Waals surface area (Å²) >= 11 is 0. The molecule has 1 atom stereocenters. The van der Waals surface area contributed by atoms with Crippen molar-refractivity contribution < 1.29 is 9.53 Å². The summed E-state index contributed by atoms with van der Waals surface area (Å²) in [5, 5.41) is 2.95. The molecular weight excluding hydrogens is 262 g/mol. The first kappa shape index (κ1) is 13.7. The Kier molecular flexibility index (Phi) is 3.91. The quantitative estimate of drug-likeness (QED) is 0.906. The minimum Gasteiger partial charge on any atom is -0.493 e. The van der Waals surface area contributed by atoms with E-state index in [-0.39, 0.29) is 11.8 Å². The smallest absolute Gasteiger partial charge is 0.232 e. The van der Waals surface area contributed by atoms with Crippen LogP contribution < -0.4 is 10.1 Å². The van der Waals surface area contributed by atoms with Gasteiger partial charge in [-0.2, -0.15) is 0 Å². The number of para-hydroxylation sites is 2. The Hall–Kier alpha value is -2.29. The lowest BCUT2D eigenvalue weighted by Gasteiger charge is -2.14. The number of hydrogen-bond donors (Lipinski definition) is 1. The number of carbonyl (C=O) groups excluding carboxylic acids is 1. The van der Waals surface area contributed by atoms with Crippen LogP contribution >= 0.6 is 0 Å². The molecule has 1 aliphatic rings. The van der Waals surface area contributed by atoms with E-state index in [2.05, 4.69) is 12.2 Å². The summed E-state index contributed by atoms with van der Waals surface area (Å²) in [6, 6.07) is 15.9. The highest BCUT2D eigenvalue weighted by Gasteiger charge is 2.30. The second-order valence-corrected chi connectivity index (χ2v) is 5.29. The lowest BCUT2D eigenvalue weighted by molar-refractivity contribution is -0.117. The van der Waals surface area contributed by atoms with E-state index < -0.39 is 0 Å². The second-order valence-electron chi connectivity index (χ2n) is 5.29. The summed E-state index contributed by atoms with van der Waals surface area (Å²) in [5.74, 6) is 0.825. The van der Waals surface area contributed by atoms with Gasteiger partial charge in [0.25, 0.3) is 0 Å². The predicted octanol–water partition coefficient (Wildman–Crippen LogP) is 3.75. The molecule has 0 saturated carbocycles. The Morgan fingerprint density at radius 1 is 1.10 bits per heavy atom. The number of hydrogen-bond acceptors (Lipinski definition) is 2. The van der Waals surface area contributed by atoms with Gasteiger partial charge in [-0.1, -0.05) is 43.3 Å². The molecule has 3 heteroatoms. The summed E-state index contributed by atoms with van der Waals surface area (Å²) in [6.45, 7) is 2.79. The maximum absolute atomic E-state index is 12.2. The van der Waals surface area contributed by atoms with Crippen LogP contribution in [-0.2, 0) is 11.2 Å². The maximum Gasteiger partial charge on any atom is 0.232 e. The number of benzene rings is 2. The van der Waals surface area contributed by atoms with E-state index in [4.69, 9.17) is 4.74 Å². The zero-order chi connectivity index (χ0) is 14.7. The normalized spacial score (nSPS) is 16.4. The molecule has 0 radical (unpaired) electrons. The maximum atomic E-state index is 12.2. The second kappa shape index (κ2) is 6.00. The van der Waals surface area contributed by atoms with E-state index in [1.54, 1.807) is 0 Å². The molecule has 0 saturated heterocycles. The van der Waals surface area contributed by atoms with Gasteiger partial charge < -0.3 is 10.1 Å². The Balaban J connectivity index is 1.86. The Morgan fingerprint density at radius 2 is 1.86 bits per heavy atom. The molecule has 1 unspecified atom stereocenters. The fourth-order valence-electron chi connectivity index (χ4n) is 2.72. The van der Waals surface area contributed by atoms with Gasteiger partial charge in [0.15, 0.2) is 0 Å². The predicted molar refractivity (Wildman–Crippen MR) is 83.7 cm³/mol. The third-order valence-corrected chi connectivity index (χ3v) is 3.77. The molecule has 1 N–H and O–H groups in total. The Bertz CT molecular complexity index is 651. The van der Waals surface area contributed by atoms with Crippen LogP contribution in [0, 0.1) is 0 Å². The number of carbonyl (C=O) groups is 1. The zero-order valence-corrected chi connectivity index (χ0v) is 12.1. The van der Waals surface area contributed by atoms with E-state index in [0.29, 0.717) is 13.0 Å². The lowest BCUT2D eigenvalue weighted by Crippen LogP contribution is -2.14. The zero-order valence-electron chi connectivity index (χ0n) is 12.1. The highest BCUT2D eigenvalue weighted by molar-refractivity contribution is 6.03. The van der Waals surface area contributed by atoms with E-state index in [1.165, 1.54) is 0 Å². The Labute approximate surface area is 124 Å². The molecule has 0 spiro atoms. The summed E-state index contributed by atoms with van der Waals surface area (Å²) in [6.07, 6.45) is 1.64. The molecule has 1 aliphatic heterocycles. The molecule has 1 amide bonds. The molecule has 2 aromatic carbocycles. The van der Waals surface area contributed by atoms with Gasteiger partial charge in [-0.25, -0.2) is 0 Å². The molecular formula is C18H19NO2. The van der Waals surface area contributed by atoms with Gasteiger partial charge in [-0.05, 0) is 36.1 Å². The van der Waals surface area contributed by atoms with Crippen LogP contribution in [0.2, 0.25) is 0 Å². The molecule has 0 fully saturated rings. The van der Waals surface area contributed by atoms with Crippen molar-refractivity contribution in [1.29, 1.82) is 0 Å².